The van der Waals surface area contributed by atoms with Gasteiger partial charge in [-0.1, -0.05) is 6.42 Å². The molecule has 1 aromatic rings. The van der Waals surface area contributed by atoms with Crippen LogP contribution in [0.2, 0.25) is 0 Å². The van der Waals surface area contributed by atoms with Gasteiger partial charge in [-0.15, -0.1) is 0 Å². The van der Waals surface area contributed by atoms with Crippen LogP contribution in [-0.4, -0.2) is 11.5 Å². The van der Waals surface area contributed by atoms with Crippen LogP contribution >= 0.6 is 15.9 Å². The molecular weight excluding hydrogens is 240 g/mol. The van der Waals surface area contributed by atoms with Crippen molar-refractivity contribution < 1.29 is 0 Å². The highest BCUT2D eigenvalue weighted by molar-refractivity contribution is 9.10. The second kappa shape index (κ2) is 4.89. The van der Waals surface area contributed by atoms with Crippen molar-refractivity contribution in [1.82, 2.24) is 10.3 Å². The maximum atomic E-state index is 4.31. The van der Waals surface area contributed by atoms with E-state index >= 15 is 0 Å². The van der Waals surface area contributed by atoms with E-state index in [4.69, 9.17) is 0 Å². The zero-order valence-electron chi connectivity index (χ0n) is 8.17. The lowest BCUT2D eigenvalue weighted by molar-refractivity contribution is 0.301. The predicted molar refractivity (Wildman–Crippen MR) is 61.0 cm³/mol. The molecule has 3 heteroatoms. The maximum Gasteiger partial charge on any atom is 0.0542 e. The van der Waals surface area contributed by atoms with Gasteiger partial charge in [0.1, 0.15) is 0 Å². The van der Waals surface area contributed by atoms with Gasteiger partial charge in [-0.05, 0) is 53.4 Å². The van der Waals surface area contributed by atoms with Gasteiger partial charge in [0.2, 0.25) is 0 Å². The second-order valence-corrected chi connectivity index (χ2v) is 4.81. The molecule has 1 heterocycles. The minimum Gasteiger partial charge on any atom is -0.311 e. The Morgan fingerprint density at radius 3 is 2.86 bits per heavy atom. The summed E-state index contributed by atoms with van der Waals surface area (Å²) in [5.41, 5.74) is 1.12. The molecule has 76 valence electrons. The van der Waals surface area contributed by atoms with Gasteiger partial charge >= 0.3 is 0 Å². The fraction of sp³-hybridized carbons (Fsp3) is 0.545. The number of hydrogen-bond donors (Lipinski definition) is 1. The topological polar surface area (TPSA) is 24.9 Å². The number of hydrogen-bond acceptors (Lipinski definition) is 2. The average molecular weight is 255 g/mol. The third-order valence-electron chi connectivity index (χ3n) is 2.75. The second-order valence-electron chi connectivity index (χ2n) is 3.90. The molecule has 1 aliphatic rings. The van der Waals surface area contributed by atoms with Crippen LogP contribution in [0, 0.1) is 5.92 Å². The Morgan fingerprint density at radius 1 is 1.43 bits per heavy atom. The number of aromatic nitrogens is 1. The molecule has 1 saturated carbocycles. The molecule has 0 amide bonds. The molecule has 0 saturated heterocycles. The van der Waals surface area contributed by atoms with Crippen molar-refractivity contribution in [2.75, 3.05) is 6.54 Å². The molecule has 0 unspecified atom stereocenters. The van der Waals surface area contributed by atoms with Crippen LogP contribution < -0.4 is 5.32 Å². The van der Waals surface area contributed by atoms with Crippen molar-refractivity contribution in [2.24, 2.45) is 5.92 Å². The van der Waals surface area contributed by atoms with Gasteiger partial charge < -0.3 is 5.32 Å². The molecule has 0 spiro atoms. The molecule has 0 aliphatic heterocycles. The Kier molecular flexibility index (Phi) is 3.54. The molecule has 1 N–H and O–H groups in total. The van der Waals surface area contributed by atoms with Crippen molar-refractivity contribution in [3.63, 3.8) is 0 Å². The van der Waals surface area contributed by atoms with Crippen LogP contribution in [0.3, 0.4) is 0 Å². The molecule has 2 nitrogen and oxygen atoms in total. The Bertz CT molecular complexity index is 280. The Labute approximate surface area is 93.3 Å². The van der Waals surface area contributed by atoms with Crippen molar-refractivity contribution >= 4 is 15.9 Å². The van der Waals surface area contributed by atoms with Gasteiger partial charge in [0.05, 0.1) is 5.69 Å². The number of nitrogens with one attached hydrogen (secondary N) is 1. The summed E-state index contributed by atoms with van der Waals surface area (Å²) in [5.74, 6) is 0.922. The van der Waals surface area contributed by atoms with E-state index in [2.05, 4.69) is 32.3 Å². The van der Waals surface area contributed by atoms with Crippen LogP contribution in [-0.2, 0) is 6.54 Å². The lowest BCUT2D eigenvalue weighted by Gasteiger charge is -2.25. The first-order valence-electron chi connectivity index (χ1n) is 5.16. The van der Waals surface area contributed by atoms with Crippen molar-refractivity contribution in [3.8, 4) is 0 Å². The average Bonchev–Trinajstić information content (AvgIpc) is 2.12. The summed E-state index contributed by atoms with van der Waals surface area (Å²) in [5, 5.41) is 3.45. The lowest BCUT2D eigenvalue weighted by Crippen LogP contribution is -2.27. The Balaban J connectivity index is 1.71. The highest BCUT2D eigenvalue weighted by atomic mass is 79.9. The summed E-state index contributed by atoms with van der Waals surface area (Å²) in [6, 6.07) is 4.09. The number of halogens is 1. The van der Waals surface area contributed by atoms with Crippen LogP contribution in [0.25, 0.3) is 0 Å². The first-order valence-corrected chi connectivity index (χ1v) is 5.95. The van der Waals surface area contributed by atoms with E-state index in [1.165, 1.54) is 19.3 Å². The van der Waals surface area contributed by atoms with E-state index in [0.717, 1.165) is 29.2 Å². The maximum absolute atomic E-state index is 4.31. The molecule has 1 aromatic heterocycles. The third-order valence-corrected chi connectivity index (χ3v) is 3.22. The third kappa shape index (κ3) is 2.79. The fourth-order valence-electron chi connectivity index (χ4n) is 1.61. The van der Waals surface area contributed by atoms with E-state index in [-0.39, 0.29) is 0 Å². The van der Waals surface area contributed by atoms with E-state index in [1.54, 1.807) is 0 Å². The zero-order valence-corrected chi connectivity index (χ0v) is 9.76. The van der Waals surface area contributed by atoms with Gasteiger partial charge in [-0.2, -0.15) is 0 Å². The molecular formula is C11H15BrN2. The summed E-state index contributed by atoms with van der Waals surface area (Å²) in [4.78, 5) is 4.31. The Morgan fingerprint density at radius 2 is 2.29 bits per heavy atom. The number of nitrogens with zero attached hydrogens (tertiary/aromatic N) is 1. The highest BCUT2D eigenvalue weighted by Gasteiger charge is 2.16. The van der Waals surface area contributed by atoms with E-state index < -0.39 is 0 Å². The van der Waals surface area contributed by atoms with Crippen molar-refractivity contribution in [1.29, 1.82) is 0 Å². The van der Waals surface area contributed by atoms with Crippen LogP contribution in [0.5, 0.6) is 0 Å². The molecule has 0 aromatic carbocycles. The molecule has 0 atom stereocenters. The summed E-state index contributed by atoms with van der Waals surface area (Å²) in [6.45, 7) is 2.04. The highest BCUT2D eigenvalue weighted by Crippen LogP contribution is 2.25. The summed E-state index contributed by atoms with van der Waals surface area (Å²) in [6.07, 6.45) is 6.07. The quantitative estimate of drug-likeness (QED) is 0.894. The van der Waals surface area contributed by atoms with Gasteiger partial charge in [-0.25, -0.2) is 0 Å². The first kappa shape index (κ1) is 10.1. The SMILES string of the molecule is Brc1ccc(CNCC2CCC2)nc1. The van der Waals surface area contributed by atoms with E-state index in [1.807, 2.05) is 12.3 Å². The molecule has 0 radical (unpaired) electrons. The molecule has 14 heavy (non-hydrogen) atoms. The minimum absolute atomic E-state index is 0.893. The van der Waals surface area contributed by atoms with E-state index in [9.17, 15) is 0 Å². The monoisotopic (exact) mass is 254 g/mol. The summed E-state index contributed by atoms with van der Waals surface area (Å²) < 4.78 is 1.04. The van der Waals surface area contributed by atoms with E-state index in [0.29, 0.717) is 0 Å². The molecule has 1 aliphatic carbocycles. The summed E-state index contributed by atoms with van der Waals surface area (Å²) >= 11 is 3.37. The smallest absolute Gasteiger partial charge is 0.0542 e. The predicted octanol–water partition coefficient (Wildman–Crippen LogP) is 2.73. The van der Waals surface area contributed by atoms with Gasteiger partial charge in [-0.3, -0.25) is 4.98 Å². The zero-order chi connectivity index (χ0) is 9.80. The molecule has 1 fully saturated rings. The van der Waals surface area contributed by atoms with Crippen molar-refractivity contribution in [2.45, 2.75) is 25.8 Å². The lowest BCUT2D eigenvalue weighted by atomic mass is 9.85. The van der Waals surface area contributed by atoms with Crippen LogP contribution in [0.15, 0.2) is 22.8 Å². The van der Waals surface area contributed by atoms with Gasteiger partial charge in [0.15, 0.2) is 0 Å². The van der Waals surface area contributed by atoms with Gasteiger partial charge in [0.25, 0.3) is 0 Å². The standard InChI is InChI=1S/C11H15BrN2/c12-10-4-5-11(14-7-10)8-13-6-9-2-1-3-9/h4-5,7,9,13H,1-3,6,8H2. The fourth-order valence-corrected chi connectivity index (χ4v) is 1.85. The Hall–Kier alpha value is -0.410. The number of pyridine rings is 1. The van der Waals surface area contributed by atoms with Crippen LogP contribution in [0.1, 0.15) is 25.0 Å². The van der Waals surface area contributed by atoms with Gasteiger partial charge in [0, 0.05) is 17.2 Å². The normalized spacial score (nSPS) is 16.6. The largest absolute Gasteiger partial charge is 0.311 e. The minimum atomic E-state index is 0.893. The van der Waals surface area contributed by atoms with Crippen molar-refractivity contribution in [3.05, 3.63) is 28.5 Å². The number of rotatable bonds is 4. The van der Waals surface area contributed by atoms with Crippen LogP contribution in [0.4, 0.5) is 0 Å². The summed E-state index contributed by atoms with van der Waals surface area (Å²) in [7, 11) is 0. The molecule has 0 bridgehead atoms. The molecule has 2 rings (SSSR count). The first-order chi connectivity index (χ1) is 6.84.